The first-order valence-electron chi connectivity index (χ1n) is 9.03. The maximum atomic E-state index is 12.5. The molecule has 3 rings (SSSR count). The average molecular weight is 394 g/mol. The molecule has 0 aliphatic heterocycles. The first kappa shape index (κ1) is 19.9. The molecule has 0 aliphatic rings. The van der Waals surface area contributed by atoms with Crippen LogP contribution in [0.3, 0.4) is 0 Å². The Morgan fingerprint density at radius 3 is 2.50 bits per heavy atom. The number of thioether (sulfide) groups is 1. The summed E-state index contributed by atoms with van der Waals surface area (Å²) >= 11 is 1.36. The second-order valence-electron chi connectivity index (χ2n) is 6.37. The lowest BCUT2D eigenvalue weighted by Crippen LogP contribution is -2.30. The number of carbonyl (C=O) groups excluding carboxylic acids is 1. The SMILES string of the molecule is COc1ccc(CNC(=O)[C@H](C)Sc2nc(C)cc(-c3ccccc3)n2)cc1. The maximum absolute atomic E-state index is 12.5. The van der Waals surface area contributed by atoms with Crippen molar-refractivity contribution < 1.29 is 9.53 Å². The van der Waals surface area contributed by atoms with Crippen LogP contribution in [0.15, 0.2) is 65.8 Å². The molecule has 1 amide bonds. The van der Waals surface area contributed by atoms with Crippen LogP contribution in [0.25, 0.3) is 11.3 Å². The minimum atomic E-state index is -0.302. The zero-order valence-corrected chi connectivity index (χ0v) is 17.0. The lowest BCUT2D eigenvalue weighted by Gasteiger charge is -2.12. The summed E-state index contributed by atoms with van der Waals surface area (Å²) in [6.07, 6.45) is 0. The Hall–Kier alpha value is -2.86. The molecular weight excluding hydrogens is 370 g/mol. The predicted molar refractivity (Wildman–Crippen MR) is 112 cm³/mol. The van der Waals surface area contributed by atoms with Gasteiger partial charge in [-0.2, -0.15) is 0 Å². The molecule has 0 unspecified atom stereocenters. The van der Waals surface area contributed by atoms with E-state index >= 15 is 0 Å². The summed E-state index contributed by atoms with van der Waals surface area (Å²) < 4.78 is 5.15. The van der Waals surface area contributed by atoms with Gasteiger partial charge in [0.25, 0.3) is 0 Å². The van der Waals surface area contributed by atoms with Crippen LogP contribution in [-0.4, -0.2) is 28.2 Å². The standard InChI is InChI=1S/C22H23N3O2S/c1-15-13-20(18-7-5-4-6-8-18)25-22(24-15)28-16(2)21(26)23-14-17-9-11-19(27-3)12-10-17/h4-13,16H,14H2,1-3H3,(H,23,26)/t16-/m0/s1. The van der Waals surface area contributed by atoms with Gasteiger partial charge < -0.3 is 10.1 Å². The fourth-order valence-electron chi connectivity index (χ4n) is 2.64. The van der Waals surface area contributed by atoms with E-state index in [9.17, 15) is 4.79 Å². The number of carbonyl (C=O) groups is 1. The van der Waals surface area contributed by atoms with Crippen molar-refractivity contribution in [3.8, 4) is 17.0 Å². The van der Waals surface area contributed by atoms with Crippen LogP contribution in [0, 0.1) is 6.92 Å². The van der Waals surface area contributed by atoms with Gasteiger partial charge in [0.05, 0.1) is 18.1 Å². The van der Waals surface area contributed by atoms with Gasteiger partial charge in [-0.3, -0.25) is 4.79 Å². The zero-order chi connectivity index (χ0) is 19.9. The molecule has 0 radical (unpaired) electrons. The monoisotopic (exact) mass is 393 g/mol. The molecule has 5 nitrogen and oxygen atoms in total. The van der Waals surface area contributed by atoms with E-state index < -0.39 is 0 Å². The van der Waals surface area contributed by atoms with E-state index in [2.05, 4.69) is 15.3 Å². The minimum absolute atomic E-state index is 0.0489. The Morgan fingerprint density at radius 1 is 1.11 bits per heavy atom. The quantitative estimate of drug-likeness (QED) is 0.480. The number of amides is 1. The third-order valence-electron chi connectivity index (χ3n) is 4.18. The van der Waals surface area contributed by atoms with Crippen LogP contribution >= 0.6 is 11.8 Å². The molecule has 1 atom stereocenters. The van der Waals surface area contributed by atoms with Gasteiger partial charge >= 0.3 is 0 Å². The molecule has 0 spiro atoms. The first-order chi connectivity index (χ1) is 13.5. The fourth-order valence-corrected chi connectivity index (χ4v) is 3.49. The highest BCUT2D eigenvalue weighted by molar-refractivity contribution is 8.00. The molecule has 0 fully saturated rings. The summed E-state index contributed by atoms with van der Waals surface area (Å²) in [5, 5.41) is 3.26. The highest BCUT2D eigenvalue weighted by atomic mass is 32.2. The fraction of sp³-hybridized carbons (Fsp3) is 0.227. The summed E-state index contributed by atoms with van der Waals surface area (Å²) in [5.41, 5.74) is 3.79. The molecule has 0 saturated heterocycles. The Morgan fingerprint density at radius 2 is 1.82 bits per heavy atom. The van der Waals surface area contributed by atoms with Crippen molar-refractivity contribution >= 4 is 17.7 Å². The predicted octanol–water partition coefficient (Wildman–Crippen LogP) is 4.26. The van der Waals surface area contributed by atoms with Gasteiger partial charge in [-0.25, -0.2) is 9.97 Å². The van der Waals surface area contributed by atoms with Gasteiger partial charge in [0.1, 0.15) is 5.75 Å². The molecule has 3 aromatic rings. The van der Waals surface area contributed by atoms with Crippen LogP contribution in [-0.2, 0) is 11.3 Å². The number of benzene rings is 2. The number of aromatic nitrogens is 2. The molecule has 1 aromatic heterocycles. The largest absolute Gasteiger partial charge is 0.497 e. The van der Waals surface area contributed by atoms with Gasteiger partial charge in [0, 0.05) is 17.8 Å². The molecule has 6 heteroatoms. The number of rotatable bonds is 7. The topological polar surface area (TPSA) is 64.1 Å². The van der Waals surface area contributed by atoms with Crippen molar-refractivity contribution in [2.75, 3.05) is 7.11 Å². The highest BCUT2D eigenvalue weighted by Gasteiger charge is 2.16. The van der Waals surface area contributed by atoms with Crippen LogP contribution in [0.2, 0.25) is 0 Å². The number of aryl methyl sites for hydroxylation is 1. The van der Waals surface area contributed by atoms with Crippen molar-refractivity contribution in [2.24, 2.45) is 0 Å². The van der Waals surface area contributed by atoms with Crippen molar-refractivity contribution in [1.29, 1.82) is 0 Å². The normalized spacial score (nSPS) is 11.7. The molecular formula is C22H23N3O2S. The van der Waals surface area contributed by atoms with Crippen molar-refractivity contribution in [1.82, 2.24) is 15.3 Å². The summed E-state index contributed by atoms with van der Waals surface area (Å²) in [7, 11) is 1.63. The second-order valence-corrected chi connectivity index (χ2v) is 7.68. The molecule has 0 bridgehead atoms. The van der Waals surface area contributed by atoms with E-state index in [0.29, 0.717) is 11.7 Å². The Balaban J connectivity index is 1.62. The number of ether oxygens (including phenoxy) is 1. The van der Waals surface area contributed by atoms with Gasteiger partial charge in [0.2, 0.25) is 5.91 Å². The van der Waals surface area contributed by atoms with Crippen LogP contribution in [0.5, 0.6) is 5.75 Å². The summed E-state index contributed by atoms with van der Waals surface area (Å²) in [4.78, 5) is 21.6. The molecule has 2 aromatic carbocycles. The number of hydrogen-bond acceptors (Lipinski definition) is 5. The van der Waals surface area contributed by atoms with E-state index in [1.807, 2.05) is 74.5 Å². The molecule has 1 heterocycles. The van der Waals surface area contributed by atoms with Crippen molar-refractivity contribution in [2.45, 2.75) is 30.8 Å². The van der Waals surface area contributed by atoms with Crippen LogP contribution < -0.4 is 10.1 Å². The van der Waals surface area contributed by atoms with Gasteiger partial charge in [-0.1, -0.05) is 54.2 Å². The summed E-state index contributed by atoms with van der Waals surface area (Å²) in [6.45, 7) is 4.27. The molecule has 144 valence electrons. The summed E-state index contributed by atoms with van der Waals surface area (Å²) in [5.74, 6) is 0.747. The molecule has 28 heavy (non-hydrogen) atoms. The lowest BCUT2D eigenvalue weighted by molar-refractivity contribution is -0.120. The Kier molecular flexibility index (Phi) is 6.66. The van der Waals surface area contributed by atoms with E-state index in [1.54, 1.807) is 7.11 Å². The van der Waals surface area contributed by atoms with E-state index in [0.717, 1.165) is 28.3 Å². The Labute approximate surface area is 169 Å². The van der Waals surface area contributed by atoms with Gasteiger partial charge in [0.15, 0.2) is 5.16 Å². The number of hydrogen-bond donors (Lipinski definition) is 1. The van der Waals surface area contributed by atoms with Crippen molar-refractivity contribution in [3.05, 3.63) is 71.9 Å². The first-order valence-corrected chi connectivity index (χ1v) is 9.91. The third-order valence-corrected chi connectivity index (χ3v) is 5.14. The second kappa shape index (κ2) is 9.37. The highest BCUT2D eigenvalue weighted by Crippen LogP contribution is 2.24. The molecule has 0 saturated carbocycles. The van der Waals surface area contributed by atoms with Crippen LogP contribution in [0.1, 0.15) is 18.2 Å². The number of nitrogens with zero attached hydrogens (tertiary/aromatic N) is 2. The van der Waals surface area contributed by atoms with Crippen LogP contribution in [0.4, 0.5) is 0 Å². The molecule has 0 aliphatic carbocycles. The molecule has 1 N–H and O–H groups in total. The van der Waals surface area contributed by atoms with E-state index in [4.69, 9.17) is 4.74 Å². The lowest BCUT2D eigenvalue weighted by atomic mass is 10.1. The number of nitrogens with one attached hydrogen (secondary N) is 1. The van der Waals surface area contributed by atoms with E-state index in [1.165, 1.54) is 11.8 Å². The summed E-state index contributed by atoms with van der Waals surface area (Å²) in [6, 6.07) is 19.6. The number of methoxy groups -OCH3 is 1. The maximum Gasteiger partial charge on any atom is 0.233 e. The van der Waals surface area contributed by atoms with Gasteiger partial charge in [-0.05, 0) is 37.6 Å². The average Bonchev–Trinajstić information content (AvgIpc) is 2.72. The van der Waals surface area contributed by atoms with Gasteiger partial charge in [-0.15, -0.1) is 0 Å². The third kappa shape index (κ3) is 5.33. The Bertz CT molecular complexity index is 930. The smallest absolute Gasteiger partial charge is 0.233 e. The zero-order valence-electron chi connectivity index (χ0n) is 16.2. The minimum Gasteiger partial charge on any atom is -0.497 e. The van der Waals surface area contributed by atoms with Crippen molar-refractivity contribution in [3.63, 3.8) is 0 Å². The van der Waals surface area contributed by atoms with E-state index in [-0.39, 0.29) is 11.2 Å².